The summed E-state index contributed by atoms with van der Waals surface area (Å²) < 4.78 is 4.75. The summed E-state index contributed by atoms with van der Waals surface area (Å²) in [6.45, 7) is 5.78. The summed E-state index contributed by atoms with van der Waals surface area (Å²) in [5.41, 5.74) is 0.927. The molecule has 1 saturated heterocycles. The first-order chi connectivity index (χ1) is 6.63. The summed E-state index contributed by atoms with van der Waals surface area (Å²) in [6.07, 6.45) is 3.35. The van der Waals surface area contributed by atoms with E-state index in [2.05, 4.69) is 6.58 Å². The van der Waals surface area contributed by atoms with E-state index in [1.54, 1.807) is 19.4 Å². The van der Waals surface area contributed by atoms with Crippen molar-refractivity contribution in [3.05, 3.63) is 24.5 Å². The zero-order chi connectivity index (χ0) is 10.6. The summed E-state index contributed by atoms with van der Waals surface area (Å²) in [7, 11) is 1.58. The van der Waals surface area contributed by atoms with Crippen LogP contribution < -0.4 is 0 Å². The SMILES string of the molecule is C=C(/C=C/OC)CN1CC(C(=O)O)C1. The molecule has 1 aliphatic rings. The first-order valence-electron chi connectivity index (χ1n) is 4.45. The Balaban J connectivity index is 2.19. The van der Waals surface area contributed by atoms with Gasteiger partial charge in [-0.05, 0) is 11.6 Å². The maximum Gasteiger partial charge on any atom is 0.309 e. The molecule has 0 amide bonds. The number of ether oxygens (including phenoxy) is 1. The molecule has 0 aromatic rings. The Morgan fingerprint density at radius 2 is 2.36 bits per heavy atom. The maximum atomic E-state index is 10.5. The van der Waals surface area contributed by atoms with Crippen LogP contribution in [0.25, 0.3) is 0 Å². The summed E-state index contributed by atoms with van der Waals surface area (Å²) in [5.74, 6) is -0.909. The molecule has 0 atom stereocenters. The van der Waals surface area contributed by atoms with Gasteiger partial charge >= 0.3 is 5.97 Å². The molecule has 78 valence electrons. The number of hydrogen-bond donors (Lipinski definition) is 1. The highest BCUT2D eigenvalue weighted by Crippen LogP contribution is 2.16. The van der Waals surface area contributed by atoms with Crippen LogP contribution in [-0.4, -0.2) is 42.7 Å². The third kappa shape index (κ3) is 2.88. The first kappa shape index (κ1) is 10.8. The lowest BCUT2D eigenvalue weighted by atomic mass is 10.00. The standard InChI is InChI=1S/C10H15NO3/c1-8(3-4-14-2)5-11-6-9(7-11)10(12)13/h3-4,9H,1,5-7H2,2H3,(H,12,13)/b4-3+. The van der Waals surface area contributed by atoms with Gasteiger partial charge in [0.05, 0.1) is 19.3 Å². The van der Waals surface area contributed by atoms with Crippen molar-refractivity contribution in [2.24, 2.45) is 5.92 Å². The molecule has 1 heterocycles. The number of aliphatic carboxylic acids is 1. The number of hydrogen-bond acceptors (Lipinski definition) is 3. The third-order valence-corrected chi connectivity index (χ3v) is 2.17. The van der Waals surface area contributed by atoms with E-state index >= 15 is 0 Å². The van der Waals surface area contributed by atoms with Crippen LogP contribution in [0.5, 0.6) is 0 Å². The van der Waals surface area contributed by atoms with Gasteiger partial charge in [-0.25, -0.2) is 0 Å². The largest absolute Gasteiger partial charge is 0.504 e. The molecule has 1 aliphatic heterocycles. The van der Waals surface area contributed by atoms with Crippen molar-refractivity contribution in [3.8, 4) is 0 Å². The molecule has 0 unspecified atom stereocenters. The van der Waals surface area contributed by atoms with Crippen molar-refractivity contribution >= 4 is 5.97 Å². The fourth-order valence-electron chi connectivity index (χ4n) is 1.36. The molecule has 1 fully saturated rings. The highest BCUT2D eigenvalue weighted by molar-refractivity contribution is 5.71. The van der Waals surface area contributed by atoms with E-state index < -0.39 is 5.97 Å². The summed E-state index contributed by atoms with van der Waals surface area (Å²) in [4.78, 5) is 12.5. The van der Waals surface area contributed by atoms with E-state index in [0.717, 1.165) is 5.57 Å². The zero-order valence-electron chi connectivity index (χ0n) is 8.27. The predicted octanol–water partition coefficient (Wildman–Crippen LogP) is 0.719. The minimum atomic E-state index is -0.709. The van der Waals surface area contributed by atoms with Gasteiger partial charge in [-0.2, -0.15) is 0 Å². The Morgan fingerprint density at radius 1 is 1.71 bits per heavy atom. The van der Waals surface area contributed by atoms with E-state index in [4.69, 9.17) is 9.84 Å². The van der Waals surface area contributed by atoms with Crippen LogP contribution >= 0.6 is 0 Å². The fraction of sp³-hybridized carbons (Fsp3) is 0.500. The Morgan fingerprint density at radius 3 is 2.86 bits per heavy atom. The maximum absolute atomic E-state index is 10.5. The van der Waals surface area contributed by atoms with Crippen molar-refractivity contribution < 1.29 is 14.6 Å². The molecule has 0 aliphatic carbocycles. The molecular weight excluding hydrogens is 182 g/mol. The minimum Gasteiger partial charge on any atom is -0.504 e. The second-order valence-corrected chi connectivity index (χ2v) is 3.43. The number of carboxylic acid groups (broad SMARTS) is 1. The van der Waals surface area contributed by atoms with Gasteiger partial charge in [0.25, 0.3) is 0 Å². The number of rotatable bonds is 5. The number of likely N-dealkylation sites (tertiary alicyclic amines) is 1. The van der Waals surface area contributed by atoms with Crippen molar-refractivity contribution in [1.82, 2.24) is 4.90 Å². The molecule has 14 heavy (non-hydrogen) atoms. The Labute approximate surface area is 83.5 Å². The van der Waals surface area contributed by atoms with E-state index in [9.17, 15) is 4.79 Å². The number of carboxylic acids is 1. The van der Waals surface area contributed by atoms with Gasteiger partial charge in [0.2, 0.25) is 0 Å². The van der Waals surface area contributed by atoms with Crippen LogP contribution in [-0.2, 0) is 9.53 Å². The normalized spacial score (nSPS) is 18.1. The van der Waals surface area contributed by atoms with Crippen molar-refractivity contribution in [1.29, 1.82) is 0 Å². The number of nitrogens with zero attached hydrogens (tertiary/aromatic N) is 1. The van der Waals surface area contributed by atoms with E-state index in [1.165, 1.54) is 0 Å². The molecule has 1 N–H and O–H groups in total. The Bertz CT molecular complexity index is 254. The van der Waals surface area contributed by atoms with Gasteiger partial charge in [-0.3, -0.25) is 9.69 Å². The second kappa shape index (κ2) is 4.81. The van der Waals surface area contributed by atoms with Crippen LogP contribution in [0.1, 0.15) is 0 Å². The van der Waals surface area contributed by atoms with E-state index in [-0.39, 0.29) is 5.92 Å². The van der Waals surface area contributed by atoms with Crippen LogP contribution in [0.4, 0.5) is 0 Å². The second-order valence-electron chi connectivity index (χ2n) is 3.43. The van der Waals surface area contributed by atoms with Crippen molar-refractivity contribution in [3.63, 3.8) is 0 Å². The molecule has 0 aromatic heterocycles. The molecule has 0 aromatic carbocycles. The summed E-state index contributed by atoms with van der Waals surface area (Å²) in [5, 5.41) is 8.64. The molecule has 0 bridgehead atoms. The zero-order valence-corrected chi connectivity index (χ0v) is 8.27. The molecule has 0 spiro atoms. The molecule has 4 heteroatoms. The van der Waals surface area contributed by atoms with E-state index in [0.29, 0.717) is 19.6 Å². The van der Waals surface area contributed by atoms with Gasteiger partial charge in [0, 0.05) is 19.6 Å². The average Bonchev–Trinajstić information content (AvgIpc) is 2.06. The number of methoxy groups -OCH3 is 1. The molecule has 1 rings (SSSR count). The van der Waals surface area contributed by atoms with Gasteiger partial charge in [-0.15, -0.1) is 0 Å². The molecule has 0 radical (unpaired) electrons. The van der Waals surface area contributed by atoms with Crippen molar-refractivity contribution in [2.75, 3.05) is 26.7 Å². The smallest absolute Gasteiger partial charge is 0.309 e. The Hall–Kier alpha value is -1.29. The van der Waals surface area contributed by atoms with Crippen molar-refractivity contribution in [2.45, 2.75) is 0 Å². The van der Waals surface area contributed by atoms with Crippen LogP contribution in [0.15, 0.2) is 24.5 Å². The van der Waals surface area contributed by atoms with Crippen LogP contribution in [0.2, 0.25) is 0 Å². The van der Waals surface area contributed by atoms with Crippen LogP contribution in [0, 0.1) is 5.92 Å². The molecule has 0 saturated carbocycles. The third-order valence-electron chi connectivity index (χ3n) is 2.17. The predicted molar refractivity (Wildman–Crippen MR) is 52.9 cm³/mol. The van der Waals surface area contributed by atoms with Gasteiger partial charge in [0.15, 0.2) is 0 Å². The number of carbonyl (C=O) groups is 1. The van der Waals surface area contributed by atoms with E-state index in [1.807, 2.05) is 4.90 Å². The van der Waals surface area contributed by atoms with Crippen LogP contribution in [0.3, 0.4) is 0 Å². The van der Waals surface area contributed by atoms with Gasteiger partial charge in [-0.1, -0.05) is 6.58 Å². The topological polar surface area (TPSA) is 49.8 Å². The first-order valence-corrected chi connectivity index (χ1v) is 4.45. The molecule has 4 nitrogen and oxygen atoms in total. The van der Waals surface area contributed by atoms with Gasteiger partial charge < -0.3 is 9.84 Å². The average molecular weight is 197 g/mol. The molecular formula is C10H15NO3. The quantitative estimate of drug-likeness (QED) is 0.521. The lowest BCUT2D eigenvalue weighted by Crippen LogP contribution is -2.50. The monoisotopic (exact) mass is 197 g/mol. The highest BCUT2D eigenvalue weighted by atomic mass is 16.5. The highest BCUT2D eigenvalue weighted by Gasteiger charge is 2.31. The lowest BCUT2D eigenvalue weighted by molar-refractivity contribution is -0.147. The fourth-order valence-corrected chi connectivity index (χ4v) is 1.36. The Kier molecular flexibility index (Phi) is 3.71. The summed E-state index contributed by atoms with van der Waals surface area (Å²) in [6, 6.07) is 0. The van der Waals surface area contributed by atoms with Gasteiger partial charge in [0.1, 0.15) is 0 Å². The summed E-state index contributed by atoms with van der Waals surface area (Å²) >= 11 is 0. The minimum absolute atomic E-state index is 0.200. The lowest BCUT2D eigenvalue weighted by Gasteiger charge is -2.36.